The van der Waals surface area contributed by atoms with Crippen molar-refractivity contribution in [2.24, 2.45) is 0 Å². The van der Waals surface area contributed by atoms with Gasteiger partial charge in [-0.2, -0.15) is 0 Å². The van der Waals surface area contributed by atoms with Crippen LogP contribution in [0, 0.1) is 17.0 Å². The van der Waals surface area contributed by atoms with E-state index in [9.17, 15) is 14.9 Å². The van der Waals surface area contributed by atoms with Crippen LogP contribution in [0.25, 0.3) is 0 Å². The fourth-order valence-corrected chi connectivity index (χ4v) is 2.95. The van der Waals surface area contributed by atoms with E-state index in [1.807, 2.05) is 62.3 Å². The van der Waals surface area contributed by atoms with Crippen LogP contribution in [0.5, 0.6) is 0 Å². The fraction of sp³-hybridized carbons (Fsp3) is 0.350. The zero-order chi connectivity index (χ0) is 20.1. The standard InChI is InChI=1S/C20H26N4O3/c1-14-17(7-6-8-18(14)24(26)27)20(25)21-13-19(23(4)5)15-9-11-16(12-10-15)22(2)3/h6-12,19H,13H2,1-5H3,(H,21,25). The van der Waals surface area contributed by atoms with Crippen LogP contribution in [0.2, 0.25) is 0 Å². The molecule has 2 aromatic carbocycles. The Balaban J connectivity index is 2.15. The monoisotopic (exact) mass is 370 g/mol. The number of rotatable bonds is 7. The van der Waals surface area contributed by atoms with Crippen LogP contribution in [0.4, 0.5) is 11.4 Å². The molecule has 7 heteroatoms. The smallest absolute Gasteiger partial charge is 0.273 e. The molecular weight excluding hydrogens is 344 g/mol. The molecule has 1 atom stereocenters. The van der Waals surface area contributed by atoms with Crippen molar-refractivity contribution in [3.8, 4) is 0 Å². The summed E-state index contributed by atoms with van der Waals surface area (Å²) in [7, 11) is 7.88. The number of carbonyl (C=O) groups excluding carboxylic acids is 1. The first kappa shape index (κ1) is 20.4. The summed E-state index contributed by atoms with van der Waals surface area (Å²) in [6.45, 7) is 1.99. The Labute approximate surface area is 159 Å². The molecule has 0 saturated carbocycles. The van der Waals surface area contributed by atoms with Crippen LogP contribution in [-0.2, 0) is 0 Å². The molecular formula is C20H26N4O3. The molecule has 0 aliphatic rings. The molecule has 0 heterocycles. The molecule has 1 N–H and O–H groups in total. The third-order valence-corrected chi connectivity index (χ3v) is 4.62. The number of hydrogen-bond acceptors (Lipinski definition) is 5. The minimum atomic E-state index is -0.471. The number of nitrogens with zero attached hydrogens (tertiary/aromatic N) is 3. The molecule has 0 radical (unpaired) electrons. The molecule has 0 saturated heterocycles. The van der Waals surface area contributed by atoms with E-state index in [2.05, 4.69) is 5.32 Å². The number of nitro groups is 1. The Hall–Kier alpha value is -2.93. The number of nitrogens with one attached hydrogen (secondary N) is 1. The summed E-state index contributed by atoms with van der Waals surface area (Å²) in [5.74, 6) is -0.312. The average Bonchev–Trinajstić information content (AvgIpc) is 2.61. The molecule has 0 aliphatic heterocycles. The lowest BCUT2D eigenvalue weighted by Crippen LogP contribution is -2.34. The Morgan fingerprint density at radius 1 is 1.11 bits per heavy atom. The van der Waals surface area contributed by atoms with E-state index in [4.69, 9.17) is 0 Å². The van der Waals surface area contributed by atoms with E-state index >= 15 is 0 Å². The first-order chi connectivity index (χ1) is 12.7. The lowest BCUT2D eigenvalue weighted by Gasteiger charge is -2.26. The Morgan fingerprint density at radius 3 is 2.26 bits per heavy atom. The average molecular weight is 370 g/mol. The van der Waals surface area contributed by atoms with Crippen LogP contribution >= 0.6 is 0 Å². The number of likely N-dealkylation sites (N-methyl/N-ethyl adjacent to an activating group) is 1. The summed E-state index contributed by atoms with van der Waals surface area (Å²) >= 11 is 0. The first-order valence-corrected chi connectivity index (χ1v) is 8.68. The normalized spacial score (nSPS) is 11.9. The SMILES string of the molecule is Cc1c(C(=O)NCC(c2ccc(N(C)C)cc2)N(C)C)cccc1[N+](=O)[O-]. The topological polar surface area (TPSA) is 78.7 Å². The first-order valence-electron chi connectivity index (χ1n) is 8.68. The van der Waals surface area contributed by atoms with Crippen molar-refractivity contribution in [3.63, 3.8) is 0 Å². The summed E-state index contributed by atoms with van der Waals surface area (Å²) in [6, 6.07) is 12.7. The molecule has 2 rings (SSSR count). The summed E-state index contributed by atoms with van der Waals surface area (Å²) in [5.41, 5.74) is 2.83. The predicted molar refractivity (Wildman–Crippen MR) is 107 cm³/mol. The van der Waals surface area contributed by atoms with Crippen LogP contribution < -0.4 is 10.2 Å². The van der Waals surface area contributed by atoms with Gasteiger partial charge in [0.05, 0.1) is 11.0 Å². The van der Waals surface area contributed by atoms with Gasteiger partial charge in [-0.25, -0.2) is 0 Å². The number of hydrogen-bond donors (Lipinski definition) is 1. The van der Waals surface area contributed by atoms with Gasteiger partial charge in [0.2, 0.25) is 0 Å². The van der Waals surface area contributed by atoms with Crippen molar-refractivity contribution in [2.75, 3.05) is 39.6 Å². The van der Waals surface area contributed by atoms with Gasteiger partial charge in [0.25, 0.3) is 11.6 Å². The second kappa shape index (κ2) is 8.64. The van der Waals surface area contributed by atoms with E-state index in [-0.39, 0.29) is 17.6 Å². The van der Waals surface area contributed by atoms with E-state index in [1.165, 1.54) is 12.1 Å². The molecule has 7 nitrogen and oxygen atoms in total. The van der Waals surface area contributed by atoms with Crippen molar-refractivity contribution < 1.29 is 9.72 Å². The number of benzene rings is 2. The van der Waals surface area contributed by atoms with Gasteiger partial charge in [-0.05, 0) is 44.8 Å². The maximum atomic E-state index is 12.6. The number of amides is 1. The zero-order valence-corrected chi connectivity index (χ0v) is 16.4. The van der Waals surface area contributed by atoms with Crippen molar-refractivity contribution in [2.45, 2.75) is 13.0 Å². The molecule has 0 fully saturated rings. The summed E-state index contributed by atoms with van der Waals surface area (Å²) in [4.78, 5) is 27.3. The number of nitro benzene ring substituents is 1. The highest BCUT2D eigenvalue weighted by atomic mass is 16.6. The van der Waals surface area contributed by atoms with Gasteiger partial charge in [0, 0.05) is 43.5 Å². The number of anilines is 1. The third kappa shape index (κ3) is 4.83. The van der Waals surface area contributed by atoms with E-state index in [0.29, 0.717) is 17.7 Å². The third-order valence-electron chi connectivity index (χ3n) is 4.62. The van der Waals surface area contributed by atoms with Gasteiger partial charge in [-0.3, -0.25) is 14.9 Å². The number of carbonyl (C=O) groups is 1. The van der Waals surface area contributed by atoms with Crippen LogP contribution in [0.1, 0.15) is 27.5 Å². The highest BCUT2D eigenvalue weighted by Crippen LogP contribution is 2.23. The lowest BCUT2D eigenvalue weighted by atomic mass is 10.0. The predicted octanol–water partition coefficient (Wildman–Crippen LogP) is 3.00. The van der Waals surface area contributed by atoms with Gasteiger partial charge in [-0.1, -0.05) is 18.2 Å². The summed E-state index contributed by atoms with van der Waals surface area (Å²) in [6.07, 6.45) is 0. The molecule has 0 aliphatic carbocycles. The van der Waals surface area contributed by atoms with Crippen molar-refractivity contribution in [3.05, 3.63) is 69.3 Å². The molecule has 27 heavy (non-hydrogen) atoms. The van der Waals surface area contributed by atoms with Crippen molar-refractivity contribution in [1.82, 2.24) is 10.2 Å². The molecule has 1 amide bonds. The summed E-state index contributed by atoms with van der Waals surface area (Å²) < 4.78 is 0. The van der Waals surface area contributed by atoms with Gasteiger partial charge < -0.3 is 15.1 Å². The Kier molecular flexibility index (Phi) is 6.52. The Morgan fingerprint density at radius 2 is 1.74 bits per heavy atom. The minimum Gasteiger partial charge on any atom is -0.378 e. The highest BCUT2D eigenvalue weighted by Gasteiger charge is 2.20. The molecule has 0 aromatic heterocycles. The quantitative estimate of drug-likeness (QED) is 0.599. The fourth-order valence-electron chi connectivity index (χ4n) is 2.95. The van der Waals surface area contributed by atoms with E-state index < -0.39 is 4.92 Å². The Bertz CT molecular complexity index is 816. The summed E-state index contributed by atoms with van der Waals surface area (Å²) in [5, 5.41) is 14.0. The zero-order valence-electron chi connectivity index (χ0n) is 16.4. The molecule has 0 bridgehead atoms. The van der Waals surface area contributed by atoms with Crippen LogP contribution in [-0.4, -0.2) is 50.5 Å². The maximum Gasteiger partial charge on any atom is 0.273 e. The van der Waals surface area contributed by atoms with Gasteiger partial charge in [0.15, 0.2) is 0 Å². The molecule has 0 spiro atoms. The lowest BCUT2D eigenvalue weighted by molar-refractivity contribution is -0.385. The van der Waals surface area contributed by atoms with Gasteiger partial charge in [-0.15, -0.1) is 0 Å². The highest BCUT2D eigenvalue weighted by molar-refractivity contribution is 5.96. The van der Waals surface area contributed by atoms with Crippen molar-refractivity contribution >= 4 is 17.3 Å². The van der Waals surface area contributed by atoms with E-state index in [1.54, 1.807) is 13.0 Å². The van der Waals surface area contributed by atoms with E-state index in [0.717, 1.165) is 11.3 Å². The van der Waals surface area contributed by atoms with Gasteiger partial charge >= 0.3 is 0 Å². The van der Waals surface area contributed by atoms with Crippen molar-refractivity contribution in [1.29, 1.82) is 0 Å². The maximum absolute atomic E-state index is 12.6. The van der Waals surface area contributed by atoms with Crippen LogP contribution in [0.15, 0.2) is 42.5 Å². The molecule has 144 valence electrons. The largest absolute Gasteiger partial charge is 0.378 e. The second-order valence-electron chi connectivity index (χ2n) is 6.88. The minimum absolute atomic E-state index is 0.0100. The van der Waals surface area contributed by atoms with Crippen LogP contribution in [0.3, 0.4) is 0 Å². The van der Waals surface area contributed by atoms with Gasteiger partial charge in [0.1, 0.15) is 0 Å². The molecule has 1 unspecified atom stereocenters. The molecule has 2 aromatic rings. The second-order valence-corrected chi connectivity index (χ2v) is 6.88.